The number of aliphatic hydroxyl groups excluding tert-OH is 1. The molecule has 1 aliphatic rings. The lowest BCUT2D eigenvalue weighted by Gasteiger charge is -2.36. The molecule has 0 spiro atoms. The number of hydrogen-bond acceptors (Lipinski definition) is 3. The minimum absolute atomic E-state index is 0.162. The van der Waals surface area contributed by atoms with Gasteiger partial charge in [0.25, 0.3) is 0 Å². The lowest BCUT2D eigenvalue weighted by Crippen LogP contribution is -2.51. The van der Waals surface area contributed by atoms with E-state index < -0.39 is 0 Å². The van der Waals surface area contributed by atoms with Gasteiger partial charge < -0.3 is 10.0 Å². The van der Waals surface area contributed by atoms with Crippen LogP contribution in [-0.2, 0) is 0 Å². The topological polar surface area (TPSA) is 36.4 Å². The highest BCUT2D eigenvalue weighted by Crippen LogP contribution is 2.19. The summed E-state index contributed by atoms with van der Waals surface area (Å²) in [4.78, 5) is 6.27. The number of aromatic nitrogens is 1. The van der Waals surface area contributed by atoms with Crippen LogP contribution in [0.2, 0.25) is 0 Å². The summed E-state index contributed by atoms with van der Waals surface area (Å²) in [6.07, 6.45) is 1.63. The number of anilines is 1. The Balaban J connectivity index is 2.13. The summed E-state index contributed by atoms with van der Waals surface area (Å²) in [7, 11) is 0. The second-order valence-electron chi connectivity index (χ2n) is 2.89. The predicted octanol–water partition coefficient (Wildman–Crippen LogP) is 0.867. The van der Waals surface area contributed by atoms with Crippen LogP contribution in [0.25, 0.3) is 0 Å². The molecule has 1 fully saturated rings. The van der Waals surface area contributed by atoms with Crippen LogP contribution >= 0.6 is 22.6 Å². The van der Waals surface area contributed by atoms with E-state index in [-0.39, 0.29) is 6.10 Å². The van der Waals surface area contributed by atoms with Gasteiger partial charge in [-0.05, 0) is 34.7 Å². The number of halogens is 1. The summed E-state index contributed by atoms with van der Waals surface area (Å²) in [5.41, 5.74) is 0. The Labute approximate surface area is 84.6 Å². The van der Waals surface area contributed by atoms with Crippen molar-refractivity contribution in [3.63, 3.8) is 0 Å². The van der Waals surface area contributed by atoms with Crippen molar-refractivity contribution in [2.45, 2.75) is 6.10 Å². The maximum absolute atomic E-state index is 9.08. The average molecular weight is 276 g/mol. The zero-order valence-electron chi connectivity index (χ0n) is 6.44. The standard InChI is InChI=1S/C8H9IN2O/c9-6-1-2-10-8(3-6)11-4-7(12)5-11/h1-3,7,12H,4-5H2. The Bertz CT molecular complexity index is 286. The van der Waals surface area contributed by atoms with E-state index in [0.717, 1.165) is 5.82 Å². The van der Waals surface area contributed by atoms with Crippen LogP contribution in [0.3, 0.4) is 0 Å². The van der Waals surface area contributed by atoms with E-state index in [2.05, 4.69) is 32.5 Å². The quantitative estimate of drug-likeness (QED) is 0.773. The van der Waals surface area contributed by atoms with Gasteiger partial charge in [-0.15, -0.1) is 0 Å². The monoisotopic (exact) mass is 276 g/mol. The van der Waals surface area contributed by atoms with E-state index in [1.165, 1.54) is 3.57 Å². The predicted molar refractivity (Wildman–Crippen MR) is 55.2 cm³/mol. The molecule has 0 aromatic carbocycles. The van der Waals surface area contributed by atoms with Crippen molar-refractivity contribution >= 4 is 28.4 Å². The fourth-order valence-electron chi connectivity index (χ4n) is 1.21. The number of β-amino-alcohol motifs (C(OH)–C–C–N with tert-alkyl or cyclic N) is 1. The first-order valence-corrected chi connectivity index (χ1v) is 4.88. The number of aliphatic hydroxyl groups is 1. The van der Waals surface area contributed by atoms with Gasteiger partial charge in [0.2, 0.25) is 0 Å². The van der Waals surface area contributed by atoms with E-state index >= 15 is 0 Å². The van der Waals surface area contributed by atoms with Gasteiger partial charge in [-0.25, -0.2) is 4.98 Å². The first kappa shape index (κ1) is 8.25. The third kappa shape index (κ3) is 1.54. The van der Waals surface area contributed by atoms with Crippen molar-refractivity contribution in [2.75, 3.05) is 18.0 Å². The van der Waals surface area contributed by atoms with Gasteiger partial charge >= 0.3 is 0 Å². The molecule has 1 aromatic rings. The summed E-state index contributed by atoms with van der Waals surface area (Å²) in [6, 6.07) is 3.98. The molecule has 2 heterocycles. The Hall–Kier alpha value is -0.360. The van der Waals surface area contributed by atoms with Crippen LogP contribution in [0.4, 0.5) is 5.82 Å². The third-order valence-electron chi connectivity index (χ3n) is 1.89. The normalized spacial score (nSPS) is 17.7. The number of pyridine rings is 1. The maximum Gasteiger partial charge on any atom is 0.129 e. The third-order valence-corrected chi connectivity index (χ3v) is 2.56. The fraction of sp³-hybridized carbons (Fsp3) is 0.375. The summed E-state index contributed by atoms with van der Waals surface area (Å²) in [6.45, 7) is 1.43. The molecule has 1 saturated heterocycles. The molecule has 0 radical (unpaired) electrons. The van der Waals surface area contributed by atoms with Crippen molar-refractivity contribution < 1.29 is 5.11 Å². The van der Waals surface area contributed by atoms with E-state index in [0.29, 0.717) is 13.1 Å². The molecule has 4 heteroatoms. The molecule has 12 heavy (non-hydrogen) atoms. The molecule has 1 aromatic heterocycles. The number of hydrogen-bond donors (Lipinski definition) is 1. The Morgan fingerprint density at radius 1 is 1.58 bits per heavy atom. The summed E-state index contributed by atoms with van der Waals surface area (Å²) >= 11 is 2.26. The van der Waals surface area contributed by atoms with Crippen LogP contribution < -0.4 is 4.90 Å². The fourth-order valence-corrected chi connectivity index (χ4v) is 1.65. The molecule has 1 aliphatic heterocycles. The molecule has 3 nitrogen and oxygen atoms in total. The second kappa shape index (κ2) is 3.18. The van der Waals surface area contributed by atoms with E-state index in [1.807, 2.05) is 12.1 Å². The van der Waals surface area contributed by atoms with Gasteiger partial charge in [0.05, 0.1) is 6.10 Å². The van der Waals surface area contributed by atoms with Gasteiger partial charge in [0.15, 0.2) is 0 Å². The summed E-state index contributed by atoms with van der Waals surface area (Å²) in [5.74, 6) is 0.965. The second-order valence-corrected chi connectivity index (χ2v) is 4.14. The molecule has 0 aliphatic carbocycles. The van der Waals surface area contributed by atoms with Gasteiger partial charge in [-0.3, -0.25) is 0 Å². The molecule has 0 saturated carbocycles. The first-order valence-electron chi connectivity index (χ1n) is 3.80. The van der Waals surface area contributed by atoms with Crippen molar-refractivity contribution in [3.8, 4) is 0 Å². The first-order chi connectivity index (χ1) is 5.75. The Morgan fingerprint density at radius 2 is 2.33 bits per heavy atom. The average Bonchev–Trinajstić information content (AvgIpc) is 1.99. The zero-order valence-corrected chi connectivity index (χ0v) is 8.60. The molecular formula is C8H9IN2O. The molecule has 0 amide bonds. The van der Waals surface area contributed by atoms with Crippen molar-refractivity contribution in [3.05, 3.63) is 21.9 Å². The van der Waals surface area contributed by atoms with Crippen molar-refractivity contribution in [1.82, 2.24) is 4.98 Å². The van der Waals surface area contributed by atoms with Crippen LogP contribution in [0, 0.1) is 3.57 Å². The van der Waals surface area contributed by atoms with Crippen molar-refractivity contribution in [2.24, 2.45) is 0 Å². The van der Waals surface area contributed by atoms with Gasteiger partial charge in [-0.1, -0.05) is 0 Å². The largest absolute Gasteiger partial charge is 0.389 e. The van der Waals surface area contributed by atoms with Crippen LogP contribution in [-0.4, -0.2) is 29.3 Å². The molecular weight excluding hydrogens is 267 g/mol. The highest BCUT2D eigenvalue weighted by Gasteiger charge is 2.25. The molecule has 64 valence electrons. The Morgan fingerprint density at radius 3 is 2.92 bits per heavy atom. The molecule has 0 atom stereocenters. The van der Waals surface area contributed by atoms with Crippen LogP contribution in [0.1, 0.15) is 0 Å². The van der Waals surface area contributed by atoms with Gasteiger partial charge in [0, 0.05) is 22.9 Å². The lowest BCUT2D eigenvalue weighted by atomic mass is 10.2. The smallest absolute Gasteiger partial charge is 0.129 e. The minimum atomic E-state index is -0.162. The molecule has 2 rings (SSSR count). The highest BCUT2D eigenvalue weighted by atomic mass is 127. The number of rotatable bonds is 1. The summed E-state index contributed by atoms with van der Waals surface area (Å²) in [5, 5.41) is 9.08. The maximum atomic E-state index is 9.08. The van der Waals surface area contributed by atoms with E-state index in [4.69, 9.17) is 5.11 Å². The minimum Gasteiger partial charge on any atom is -0.389 e. The van der Waals surface area contributed by atoms with E-state index in [1.54, 1.807) is 6.20 Å². The van der Waals surface area contributed by atoms with E-state index in [9.17, 15) is 0 Å². The zero-order chi connectivity index (χ0) is 8.55. The van der Waals surface area contributed by atoms with Gasteiger partial charge in [-0.2, -0.15) is 0 Å². The Kier molecular flexibility index (Phi) is 2.18. The molecule has 0 bridgehead atoms. The molecule has 0 unspecified atom stereocenters. The highest BCUT2D eigenvalue weighted by molar-refractivity contribution is 14.1. The SMILES string of the molecule is OC1CN(c2cc(I)ccn2)C1. The molecule has 1 N–H and O–H groups in total. The summed E-state index contributed by atoms with van der Waals surface area (Å²) < 4.78 is 1.18. The van der Waals surface area contributed by atoms with Crippen LogP contribution in [0.5, 0.6) is 0 Å². The van der Waals surface area contributed by atoms with Crippen molar-refractivity contribution in [1.29, 1.82) is 0 Å². The number of nitrogens with zero attached hydrogens (tertiary/aromatic N) is 2. The lowest BCUT2D eigenvalue weighted by molar-refractivity contribution is 0.141. The van der Waals surface area contributed by atoms with Crippen LogP contribution in [0.15, 0.2) is 18.3 Å². The van der Waals surface area contributed by atoms with Gasteiger partial charge in [0.1, 0.15) is 5.82 Å².